The van der Waals surface area contributed by atoms with Crippen LogP contribution < -0.4 is 4.90 Å². The van der Waals surface area contributed by atoms with Gasteiger partial charge < -0.3 is 4.90 Å². The van der Waals surface area contributed by atoms with E-state index >= 15 is 0 Å². The van der Waals surface area contributed by atoms with Crippen LogP contribution in [0, 0.1) is 27.7 Å². The predicted octanol–water partition coefficient (Wildman–Crippen LogP) is 11.7. The van der Waals surface area contributed by atoms with Crippen molar-refractivity contribution in [2.75, 3.05) is 4.90 Å². The molecule has 0 aliphatic carbocycles. The smallest absolute Gasteiger partial charge is 0.0462 e. The molecule has 0 spiro atoms. The third-order valence-corrected chi connectivity index (χ3v) is 8.30. The van der Waals surface area contributed by atoms with Crippen LogP contribution in [0.5, 0.6) is 0 Å². The predicted molar refractivity (Wildman–Crippen MR) is 189 cm³/mol. The molecule has 6 aromatic carbocycles. The second-order valence-electron chi connectivity index (χ2n) is 11.9. The highest BCUT2D eigenvalue weighted by atomic mass is 15.1. The topological polar surface area (TPSA) is 3.24 Å². The van der Waals surface area contributed by atoms with Crippen LogP contribution in [-0.2, 0) is 0 Å². The van der Waals surface area contributed by atoms with Crippen molar-refractivity contribution < 1.29 is 0 Å². The second kappa shape index (κ2) is 13.0. The van der Waals surface area contributed by atoms with Gasteiger partial charge in [-0.3, -0.25) is 0 Å². The first-order valence-electron chi connectivity index (χ1n) is 15.4. The molecule has 0 heterocycles. The van der Waals surface area contributed by atoms with Crippen molar-refractivity contribution in [3.05, 3.63) is 196 Å². The lowest BCUT2D eigenvalue weighted by molar-refractivity contribution is 0.974. The fraction of sp³-hybridized carbons (Fsp3) is 0.116. The molecule has 0 N–H and O–H groups in total. The summed E-state index contributed by atoms with van der Waals surface area (Å²) in [5, 5.41) is 0. The lowest BCUT2D eigenvalue weighted by Crippen LogP contribution is -2.09. The van der Waals surface area contributed by atoms with Crippen LogP contribution in [0.25, 0.3) is 12.2 Å². The fourth-order valence-electron chi connectivity index (χ4n) is 5.66. The fourth-order valence-corrected chi connectivity index (χ4v) is 5.66. The molecule has 216 valence electrons. The van der Waals surface area contributed by atoms with E-state index in [4.69, 9.17) is 0 Å². The monoisotopic (exact) mass is 569 g/mol. The molecule has 0 aromatic heterocycles. The van der Waals surface area contributed by atoms with Crippen molar-refractivity contribution in [2.45, 2.75) is 33.6 Å². The summed E-state index contributed by atoms with van der Waals surface area (Å²) in [5.74, 6) is 0.201. The Morgan fingerprint density at radius 1 is 0.341 bits per heavy atom. The molecule has 6 aromatic rings. The van der Waals surface area contributed by atoms with Crippen molar-refractivity contribution in [1.29, 1.82) is 0 Å². The highest BCUT2D eigenvalue weighted by Crippen LogP contribution is 2.35. The Kier molecular flexibility index (Phi) is 8.57. The van der Waals surface area contributed by atoms with Crippen LogP contribution in [0.15, 0.2) is 146 Å². The molecule has 0 atom stereocenters. The summed E-state index contributed by atoms with van der Waals surface area (Å²) in [6, 6.07) is 53.1. The lowest BCUT2D eigenvalue weighted by atomic mass is 9.84. The van der Waals surface area contributed by atoms with E-state index in [0.29, 0.717) is 0 Å². The van der Waals surface area contributed by atoms with Gasteiger partial charge in [-0.2, -0.15) is 0 Å². The van der Waals surface area contributed by atoms with Crippen LogP contribution in [0.2, 0.25) is 0 Å². The van der Waals surface area contributed by atoms with E-state index in [0.717, 1.165) is 17.1 Å². The Balaban J connectivity index is 1.23. The summed E-state index contributed by atoms with van der Waals surface area (Å²) in [6.07, 6.45) is 4.39. The van der Waals surface area contributed by atoms with Crippen LogP contribution in [0.3, 0.4) is 0 Å². The van der Waals surface area contributed by atoms with Gasteiger partial charge in [0.1, 0.15) is 0 Å². The van der Waals surface area contributed by atoms with E-state index in [2.05, 4.69) is 190 Å². The molecule has 1 heteroatoms. The average molecular weight is 570 g/mol. The van der Waals surface area contributed by atoms with Gasteiger partial charge in [0.2, 0.25) is 0 Å². The maximum atomic E-state index is 2.31. The van der Waals surface area contributed by atoms with E-state index in [1.807, 2.05) is 0 Å². The van der Waals surface area contributed by atoms with Crippen LogP contribution in [0.1, 0.15) is 56.0 Å². The summed E-state index contributed by atoms with van der Waals surface area (Å²) >= 11 is 0. The minimum absolute atomic E-state index is 0.201. The maximum Gasteiger partial charge on any atom is 0.0462 e. The average Bonchev–Trinajstić information content (AvgIpc) is 3.05. The molecule has 0 aliphatic heterocycles. The highest BCUT2D eigenvalue weighted by Gasteiger charge is 2.17. The maximum absolute atomic E-state index is 2.31. The highest BCUT2D eigenvalue weighted by molar-refractivity contribution is 5.78. The van der Waals surface area contributed by atoms with Crippen molar-refractivity contribution >= 4 is 29.2 Å². The normalized spacial score (nSPS) is 11.3. The molecule has 1 nitrogen and oxygen atoms in total. The van der Waals surface area contributed by atoms with Gasteiger partial charge in [0, 0.05) is 23.0 Å². The summed E-state index contributed by atoms with van der Waals surface area (Å²) in [4.78, 5) is 2.31. The molecular formula is C43H39N. The van der Waals surface area contributed by atoms with Gasteiger partial charge in [-0.1, -0.05) is 144 Å². The number of benzene rings is 6. The Labute approximate surface area is 262 Å². The third-order valence-electron chi connectivity index (χ3n) is 8.30. The first-order valence-corrected chi connectivity index (χ1v) is 15.4. The molecule has 44 heavy (non-hydrogen) atoms. The van der Waals surface area contributed by atoms with Crippen LogP contribution >= 0.6 is 0 Å². The van der Waals surface area contributed by atoms with E-state index in [-0.39, 0.29) is 5.92 Å². The number of aryl methyl sites for hydroxylation is 4. The first kappa shape index (κ1) is 29.0. The number of rotatable bonds is 8. The summed E-state index contributed by atoms with van der Waals surface area (Å²) in [5.41, 5.74) is 14.8. The zero-order valence-corrected chi connectivity index (χ0v) is 26.0. The van der Waals surface area contributed by atoms with Crippen molar-refractivity contribution in [3.8, 4) is 0 Å². The number of hydrogen-bond acceptors (Lipinski definition) is 1. The van der Waals surface area contributed by atoms with E-state index in [9.17, 15) is 0 Å². The van der Waals surface area contributed by atoms with Gasteiger partial charge in [-0.15, -0.1) is 0 Å². The number of anilines is 3. The number of hydrogen-bond donors (Lipinski definition) is 0. The molecule has 0 bridgehead atoms. The molecule has 0 saturated carbocycles. The Bertz CT molecular complexity index is 1590. The zero-order valence-electron chi connectivity index (χ0n) is 26.0. The molecule has 0 unspecified atom stereocenters. The first-order chi connectivity index (χ1) is 21.4. The summed E-state index contributed by atoms with van der Waals surface area (Å²) in [7, 11) is 0. The Morgan fingerprint density at radius 2 is 0.591 bits per heavy atom. The van der Waals surface area contributed by atoms with Crippen molar-refractivity contribution in [2.24, 2.45) is 0 Å². The molecule has 6 rings (SSSR count). The summed E-state index contributed by atoms with van der Waals surface area (Å²) < 4.78 is 0. The molecule has 0 fully saturated rings. The van der Waals surface area contributed by atoms with Gasteiger partial charge >= 0.3 is 0 Å². The third kappa shape index (κ3) is 6.74. The van der Waals surface area contributed by atoms with E-state index in [1.165, 1.54) is 50.1 Å². The van der Waals surface area contributed by atoms with Crippen molar-refractivity contribution in [1.82, 2.24) is 0 Å². The molecule has 0 radical (unpaired) electrons. The quantitative estimate of drug-likeness (QED) is 0.130. The molecule has 0 aliphatic rings. The second-order valence-corrected chi connectivity index (χ2v) is 11.9. The van der Waals surface area contributed by atoms with Gasteiger partial charge in [0.25, 0.3) is 0 Å². The number of nitrogens with zero attached hydrogens (tertiary/aromatic N) is 1. The van der Waals surface area contributed by atoms with Gasteiger partial charge in [0.05, 0.1) is 0 Å². The standard InChI is InChI=1S/C43H39N/c1-31-5-19-37(20-6-31)43(38-21-7-32(2)8-22-38)39-23-15-35(16-24-39)13-14-36-17-29-42(30-18-36)44(40-25-9-33(3)10-26-40)41-27-11-34(4)12-28-41/h5-30,43H,1-4H3/b14-13+. The van der Waals surface area contributed by atoms with E-state index < -0.39 is 0 Å². The minimum Gasteiger partial charge on any atom is -0.311 e. The minimum atomic E-state index is 0.201. The van der Waals surface area contributed by atoms with Crippen LogP contribution in [-0.4, -0.2) is 0 Å². The zero-order chi connectivity index (χ0) is 30.5. The Morgan fingerprint density at radius 3 is 0.932 bits per heavy atom. The molecular weight excluding hydrogens is 530 g/mol. The molecule has 0 saturated heterocycles. The molecule has 0 amide bonds. The SMILES string of the molecule is Cc1ccc(C(c2ccc(C)cc2)c2ccc(/C=C/c3ccc(N(c4ccc(C)cc4)c4ccc(C)cc4)cc3)cc2)cc1. The Hall–Kier alpha value is -5.14. The van der Waals surface area contributed by atoms with Crippen LogP contribution in [0.4, 0.5) is 17.1 Å². The largest absolute Gasteiger partial charge is 0.311 e. The van der Waals surface area contributed by atoms with Gasteiger partial charge in [-0.05, 0) is 91.9 Å². The summed E-state index contributed by atoms with van der Waals surface area (Å²) in [6.45, 7) is 8.54. The lowest BCUT2D eigenvalue weighted by Gasteiger charge is -2.25. The van der Waals surface area contributed by atoms with Gasteiger partial charge in [-0.25, -0.2) is 0 Å². The van der Waals surface area contributed by atoms with E-state index in [1.54, 1.807) is 0 Å². The van der Waals surface area contributed by atoms with Gasteiger partial charge in [0.15, 0.2) is 0 Å². The van der Waals surface area contributed by atoms with Crippen molar-refractivity contribution in [3.63, 3.8) is 0 Å².